The zero-order valence-corrected chi connectivity index (χ0v) is 33.9. The van der Waals surface area contributed by atoms with Gasteiger partial charge >= 0.3 is 0 Å². The number of hydrogen-bond donors (Lipinski definition) is 0. The van der Waals surface area contributed by atoms with E-state index < -0.39 is 0 Å². The number of fused-ring (bicyclic) bond motifs is 7. The summed E-state index contributed by atoms with van der Waals surface area (Å²) in [6.07, 6.45) is 0. The van der Waals surface area contributed by atoms with Gasteiger partial charge in [0.1, 0.15) is 11.2 Å². The zero-order chi connectivity index (χ0) is 41.0. The first kappa shape index (κ1) is 35.7. The van der Waals surface area contributed by atoms with E-state index in [2.05, 4.69) is 241 Å². The lowest BCUT2D eigenvalue weighted by molar-refractivity contribution is 0.673. The van der Waals surface area contributed by atoms with Crippen molar-refractivity contribution in [2.24, 2.45) is 0 Å². The van der Waals surface area contributed by atoms with E-state index in [1.807, 2.05) is 0 Å². The molecule has 0 aliphatic heterocycles. The monoisotopic (exact) mass is 789 g/mol. The summed E-state index contributed by atoms with van der Waals surface area (Å²) in [5.74, 6) is 0. The van der Waals surface area contributed by atoms with Gasteiger partial charge in [0.15, 0.2) is 0 Å². The molecule has 0 spiro atoms. The van der Waals surface area contributed by atoms with Crippen molar-refractivity contribution in [1.29, 1.82) is 0 Å². The number of hydrogen-bond acceptors (Lipinski definition) is 2. The van der Waals surface area contributed by atoms with Gasteiger partial charge < -0.3 is 9.32 Å². The summed E-state index contributed by atoms with van der Waals surface area (Å²) in [6.45, 7) is 0. The maximum atomic E-state index is 6.60. The first-order valence-corrected chi connectivity index (χ1v) is 21.2. The van der Waals surface area contributed by atoms with E-state index in [0.717, 1.165) is 55.5 Å². The molecule has 0 unspecified atom stereocenters. The molecule has 12 rings (SSSR count). The number of anilines is 3. The molecule has 0 fully saturated rings. The van der Waals surface area contributed by atoms with Gasteiger partial charge in [-0.3, -0.25) is 0 Å². The Morgan fingerprint density at radius 1 is 0.274 bits per heavy atom. The normalized spacial score (nSPS) is 11.5. The highest BCUT2D eigenvalue weighted by Gasteiger charge is 2.18. The Morgan fingerprint density at radius 3 is 1.45 bits per heavy atom. The maximum absolute atomic E-state index is 6.60. The Balaban J connectivity index is 0.951. The van der Waals surface area contributed by atoms with Crippen LogP contribution >= 0.6 is 0 Å². The highest BCUT2D eigenvalue weighted by molar-refractivity contribution is 6.19. The summed E-state index contributed by atoms with van der Waals surface area (Å²) in [4.78, 5) is 2.37. The van der Waals surface area contributed by atoms with Crippen molar-refractivity contribution in [3.8, 4) is 44.5 Å². The Kier molecular flexibility index (Phi) is 8.53. The van der Waals surface area contributed by atoms with Crippen LogP contribution in [0.2, 0.25) is 0 Å². The van der Waals surface area contributed by atoms with Crippen LogP contribution in [0.4, 0.5) is 17.1 Å². The van der Waals surface area contributed by atoms with Crippen molar-refractivity contribution in [2.45, 2.75) is 0 Å². The molecule has 0 aliphatic rings. The zero-order valence-electron chi connectivity index (χ0n) is 33.9. The first-order chi connectivity index (χ1) is 30.7. The summed E-state index contributed by atoms with van der Waals surface area (Å²) in [5.41, 5.74) is 14.5. The minimum absolute atomic E-state index is 0.890. The Hall–Kier alpha value is -8.20. The second-order valence-corrected chi connectivity index (χ2v) is 16.1. The van der Waals surface area contributed by atoms with E-state index >= 15 is 0 Å². The number of furan rings is 1. The smallest absolute Gasteiger partial charge is 0.143 e. The van der Waals surface area contributed by atoms with Crippen LogP contribution in [0.1, 0.15) is 0 Å². The molecule has 0 N–H and O–H groups in total. The number of rotatable bonds is 7. The third-order valence-corrected chi connectivity index (χ3v) is 12.4. The molecule has 0 saturated carbocycles. The van der Waals surface area contributed by atoms with Gasteiger partial charge in [0.25, 0.3) is 0 Å². The van der Waals surface area contributed by atoms with Crippen molar-refractivity contribution in [3.63, 3.8) is 0 Å². The largest absolute Gasteiger partial charge is 0.455 e. The fourth-order valence-corrected chi connectivity index (χ4v) is 9.28. The van der Waals surface area contributed by atoms with Crippen LogP contribution in [0, 0.1) is 0 Å². The minimum atomic E-state index is 0.890. The van der Waals surface area contributed by atoms with Crippen molar-refractivity contribution < 1.29 is 4.42 Å². The van der Waals surface area contributed by atoms with Gasteiger partial charge in [-0.25, -0.2) is 0 Å². The average molecular weight is 790 g/mol. The third-order valence-electron chi connectivity index (χ3n) is 12.4. The molecule has 11 aromatic carbocycles. The van der Waals surface area contributed by atoms with Crippen molar-refractivity contribution in [3.05, 3.63) is 237 Å². The highest BCUT2D eigenvalue weighted by atomic mass is 16.3. The average Bonchev–Trinajstić information content (AvgIpc) is 3.74. The molecule has 2 nitrogen and oxygen atoms in total. The van der Waals surface area contributed by atoms with Crippen LogP contribution in [0.3, 0.4) is 0 Å². The Morgan fingerprint density at radius 2 is 0.774 bits per heavy atom. The SMILES string of the molecule is c1cc(-c2ccc(N(c3ccc(-c4ccc5ccccc5c4)cc3)c3cccc(-c4cccc5oc6c7ccccc7ccc6c45)c3)cc2)cc(-c2ccc3ccccc3c2)c1. The molecule has 0 bridgehead atoms. The van der Waals surface area contributed by atoms with Crippen LogP contribution in [0.15, 0.2) is 241 Å². The van der Waals surface area contributed by atoms with Gasteiger partial charge in [0.05, 0.1) is 0 Å². The Labute approximate surface area is 360 Å². The molecule has 1 heterocycles. The lowest BCUT2D eigenvalue weighted by atomic mass is 9.96. The van der Waals surface area contributed by atoms with E-state index in [9.17, 15) is 0 Å². The van der Waals surface area contributed by atoms with E-state index in [4.69, 9.17) is 4.42 Å². The molecule has 0 atom stereocenters. The van der Waals surface area contributed by atoms with E-state index in [-0.39, 0.29) is 0 Å². The molecule has 290 valence electrons. The molecule has 12 aromatic rings. The number of nitrogens with zero attached hydrogens (tertiary/aromatic N) is 1. The topological polar surface area (TPSA) is 16.4 Å². The Bertz CT molecular complexity index is 3630. The molecule has 0 saturated heterocycles. The second kappa shape index (κ2) is 14.8. The van der Waals surface area contributed by atoms with E-state index in [0.29, 0.717) is 0 Å². The van der Waals surface area contributed by atoms with Gasteiger partial charge in [0.2, 0.25) is 0 Å². The van der Waals surface area contributed by atoms with Crippen molar-refractivity contribution >= 4 is 71.3 Å². The predicted octanol–water partition coefficient (Wildman–Crippen LogP) is 17.2. The van der Waals surface area contributed by atoms with Crippen LogP contribution < -0.4 is 4.90 Å². The van der Waals surface area contributed by atoms with E-state index in [1.165, 1.54) is 60.3 Å². The molecular formula is C60H39NO. The lowest BCUT2D eigenvalue weighted by Gasteiger charge is -2.26. The summed E-state index contributed by atoms with van der Waals surface area (Å²) < 4.78 is 6.60. The van der Waals surface area contributed by atoms with Gasteiger partial charge in [-0.05, 0) is 138 Å². The van der Waals surface area contributed by atoms with Crippen LogP contribution in [-0.4, -0.2) is 0 Å². The summed E-state index contributed by atoms with van der Waals surface area (Å²) in [5, 5.41) is 9.55. The quantitative estimate of drug-likeness (QED) is 0.160. The van der Waals surface area contributed by atoms with Crippen LogP contribution in [0.25, 0.3) is 98.8 Å². The fraction of sp³-hybridized carbons (Fsp3) is 0. The summed E-state index contributed by atoms with van der Waals surface area (Å²) >= 11 is 0. The van der Waals surface area contributed by atoms with Gasteiger partial charge in [-0.1, -0.05) is 170 Å². The number of benzene rings is 11. The lowest BCUT2D eigenvalue weighted by Crippen LogP contribution is -2.10. The van der Waals surface area contributed by atoms with Crippen LogP contribution in [-0.2, 0) is 0 Å². The molecule has 2 heteroatoms. The second-order valence-electron chi connectivity index (χ2n) is 16.1. The van der Waals surface area contributed by atoms with Gasteiger partial charge in [-0.2, -0.15) is 0 Å². The first-order valence-electron chi connectivity index (χ1n) is 21.2. The van der Waals surface area contributed by atoms with Gasteiger partial charge in [0, 0.05) is 33.2 Å². The highest BCUT2D eigenvalue weighted by Crippen LogP contribution is 2.43. The maximum Gasteiger partial charge on any atom is 0.143 e. The van der Waals surface area contributed by atoms with Crippen molar-refractivity contribution in [2.75, 3.05) is 4.90 Å². The van der Waals surface area contributed by atoms with Crippen LogP contribution in [0.5, 0.6) is 0 Å². The third kappa shape index (κ3) is 6.29. The predicted molar refractivity (Wildman–Crippen MR) is 263 cm³/mol. The molecule has 0 amide bonds. The van der Waals surface area contributed by atoms with Gasteiger partial charge in [-0.15, -0.1) is 0 Å². The standard InChI is InChI=1S/C60H39NO/c1-3-13-45-37-49(24-22-40(45)10-1)43-28-33-53(34-29-43)61(52-31-26-42(27-32-52)47-15-7-16-48(36-47)50-25-23-41-11-2-4-14-46(41)38-50)54-18-8-17-51(39-54)55-20-9-21-58-59(55)57-35-30-44-12-5-6-19-56(44)60(57)62-58/h1-39H. The molecular weight excluding hydrogens is 751 g/mol. The molecule has 0 aliphatic carbocycles. The summed E-state index contributed by atoms with van der Waals surface area (Å²) in [6, 6.07) is 85.5. The molecule has 0 radical (unpaired) electrons. The fourth-order valence-electron chi connectivity index (χ4n) is 9.28. The van der Waals surface area contributed by atoms with Crippen molar-refractivity contribution in [1.82, 2.24) is 0 Å². The molecule has 62 heavy (non-hydrogen) atoms. The summed E-state index contributed by atoms with van der Waals surface area (Å²) in [7, 11) is 0. The minimum Gasteiger partial charge on any atom is -0.455 e. The van der Waals surface area contributed by atoms with E-state index in [1.54, 1.807) is 0 Å². The molecule has 1 aromatic heterocycles.